The molecule has 0 aliphatic heterocycles. The fourth-order valence-electron chi connectivity index (χ4n) is 1.08. The summed E-state index contributed by atoms with van der Waals surface area (Å²) in [4.78, 5) is 3.98. The number of hydroxylamine groups is 1. The summed E-state index contributed by atoms with van der Waals surface area (Å²) < 4.78 is 0. The van der Waals surface area contributed by atoms with E-state index in [4.69, 9.17) is 22.5 Å². The van der Waals surface area contributed by atoms with Crippen molar-refractivity contribution in [1.82, 2.24) is 5.48 Å². The van der Waals surface area contributed by atoms with Gasteiger partial charge in [-0.2, -0.15) is 0 Å². The summed E-state index contributed by atoms with van der Waals surface area (Å²) in [6.45, 7) is 1.86. The zero-order valence-corrected chi connectivity index (χ0v) is 8.49. The van der Waals surface area contributed by atoms with Crippen LogP contribution in [0.25, 0.3) is 0 Å². The van der Waals surface area contributed by atoms with Gasteiger partial charge in [-0.05, 0) is 24.6 Å². The molecule has 1 atom stereocenters. The topological polar surface area (TPSA) is 70.6 Å². The fraction of sp³-hybridized carbons (Fsp3) is 0.222. The predicted octanol–water partition coefficient (Wildman–Crippen LogP) is 1.69. The van der Waals surface area contributed by atoms with Crippen LogP contribution >= 0.6 is 11.6 Å². The van der Waals surface area contributed by atoms with Gasteiger partial charge < -0.3 is 5.73 Å². The van der Waals surface area contributed by atoms with E-state index < -0.39 is 0 Å². The molecular weight excluding hydrogens is 202 g/mol. The highest BCUT2D eigenvalue weighted by Gasteiger charge is 2.04. The second-order valence-electron chi connectivity index (χ2n) is 2.86. The SMILES string of the molecule is CC(N=C(N)NO)c1cccc(Cl)c1. The molecule has 0 radical (unpaired) electrons. The van der Waals surface area contributed by atoms with Crippen LogP contribution in [0.5, 0.6) is 0 Å². The molecule has 14 heavy (non-hydrogen) atoms. The van der Waals surface area contributed by atoms with Crippen LogP contribution < -0.4 is 11.2 Å². The van der Waals surface area contributed by atoms with E-state index in [1.165, 1.54) is 0 Å². The Bertz CT molecular complexity index is 341. The summed E-state index contributed by atoms with van der Waals surface area (Å²) in [5.41, 5.74) is 8.02. The van der Waals surface area contributed by atoms with Gasteiger partial charge in [0, 0.05) is 5.02 Å². The van der Waals surface area contributed by atoms with Gasteiger partial charge >= 0.3 is 0 Å². The first-order valence-electron chi connectivity index (χ1n) is 4.12. The van der Waals surface area contributed by atoms with Crippen LogP contribution in [0.3, 0.4) is 0 Å². The number of nitrogens with two attached hydrogens (primary N) is 1. The third kappa shape index (κ3) is 2.90. The zero-order valence-electron chi connectivity index (χ0n) is 7.74. The second-order valence-corrected chi connectivity index (χ2v) is 3.29. The number of rotatable bonds is 2. The maximum absolute atomic E-state index is 8.45. The first-order valence-corrected chi connectivity index (χ1v) is 4.50. The lowest BCUT2D eigenvalue weighted by molar-refractivity contribution is 0.232. The van der Waals surface area contributed by atoms with Crippen molar-refractivity contribution in [2.45, 2.75) is 13.0 Å². The average molecular weight is 214 g/mol. The molecule has 0 aliphatic rings. The molecule has 0 heterocycles. The molecule has 1 unspecified atom stereocenters. The summed E-state index contributed by atoms with van der Waals surface area (Å²) in [5.74, 6) is -0.0162. The Morgan fingerprint density at radius 1 is 1.64 bits per heavy atom. The number of halogens is 1. The van der Waals surface area contributed by atoms with Gasteiger partial charge in [0.1, 0.15) is 0 Å². The van der Waals surface area contributed by atoms with E-state index in [0.29, 0.717) is 5.02 Å². The van der Waals surface area contributed by atoms with Crippen LogP contribution in [0.15, 0.2) is 29.3 Å². The van der Waals surface area contributed by atoms with Crippen LogP contribution in [-0.4, -0.2) is 11.2 Å². The van der Waals surface area contributed by atoms with Gasteiger partial charge in [0.15, 0.2) is 0 Å². The normalized spacial score (nSPS) is 13.8. The van der Waals surface area contributed by atoms with Crippen LogP contribution in [0.2, 0.25) is 5.02 Å². The van der Waals surface area contributed by atoms with Crippen molar-refractivity contribution in [2.75, 3.05) is 0 Å². The van der Waals surface area contributed by atoms with Gasteiger partial charge in [0.25, 0.3) is 0 Å². The summed E-state index contributed by atoms with van der Waals surface area (Å²) in [5, 5.41) is 9.11. The average Bonchev–Trinajstić information content (AvgIpc) is 2.17. The van der Waals surface area contributed by atoms with Crippen molar-refractivity contribution in [3.8, 4) is 0 Å². The molecule has 0 amide bonds. The fourth-order valence-corrected chi connectivity index (χ4v) is 1.28. The van der Waals surface area contributed by atoms with Crippen molar-refractivity contribution < 1.29 is 5.21 Å². The number of benzene rings is 1. The Kier molecular flexibility index (Phi) is 3.73. The summed E-state index contributed by atoms with van der Waals surface area (Å²) >= 11 is 5.81. The minimum Gasteiger partial charge on any atom is -0.368 e. The van der Waals surface area contributed by atoms with Gasteiger partial charge in [-0.1, -0.05) is 23.7 Å². The molecule has 0 aromatic heterocycles. The second kappa shape index (κ2) is 4.83. The Labute approximate surface area is 87.4 Å². The van der Waals surface area contributed by atoms with Crippen molar-refractivity contribution in [3.05, 3.63) is 34.9 Å². The molecule has 76 valence electrons. The Hall–Kier alpha value is -1.26. The summed E-state index contributed by atoms with van der Waals surface area (Å²) in [6, 6.07) is 7.18. The predicted molar refractivity (Wildman–Crippen MR) is 56.4 cm³/mol. The molecule has 4 N–H and O–H groups in total. The number of hydrogen-bond acceptors (Lipinski definition) is 2. The molecule has 0 aliphatic carbocycles. The molecule has 0 bridgehead atoms. The van der Waals surface area contributed by atoms with Crippen molar-refractivity contribution in [3.63, 3.8) is 0 Å². The number of nitrogens with one attached hydrogen (secondary N) is 1. The molecule has 1 rings (SSSR count). The van der Waals surface area contributed by atoms with E-state index in [1.807, 2.05) is 19.1 Å². The first kappa shape index (κ1) is 10.8. The third-order valence-electron chi connectivity index (χ3n) is 1.78. The Morgan fingerprint density at radius 2 is 2.36 bits per heavy atom. The minimum atomic E-state index is -0.145. The number of hydrogen-bond donors (Lipinski definition) is 3. The highest BCUT2D eigenvalue weighted by Crippen LogP contribution is 2.19. The lowest BCUT2D eigenvalue weighted by Crippen LogP contribution is -2.28. The van der Waals surface area contributed by atoms with Crippen LogP contribution in [0.1, 0.15) is 18.5 Å². The van der Waals surface area contributed by atoms with Crippen LogP contribution in [-0.2, 0) is 0 Å². The molecule has 0 saturated carbocycles. The standard InChI is InChI=1S/C9H12ClN3O/c1-6(12-9(11)13-14)7-3-2-4-8(10)5-7/h2-6,14H,1H3,(H3,11,12,13). The first-order chi connectivity index (χ1) is 6.63. The van der Waals surface area contributed by atoms with Crippen molar-refractivity contribution >= 4 is 17.6 Å². The molecule has 1 aromatic carbocycles. The van der Waals surface area contributed by atoms with E-state index in [1.54, 1.807) is 17.6 Å². The van der Waals surface area contributed by atoms with E-state index in [9.17, 15) is 0 Å². The third-order valence-corrected chi connectivity index (χ3v) is 2.01. The van der Waals surface area contributed by atoms with Crippen LogP contribution in [0.4, 0.5) is 0 Å². The molecule has 4 nitrogen and oxygen atoms in total. The van der Waals surface area contributed by atoms with E-state index in [-0.39, 0.29) is 12.0 Å². The van der Waals surface area contributed by atoms with E-state index in [0.717, 1.165) is 5.56 Å². The molecule has 0 spiro atoms. The summed E-state index contributed by atoms with van der Waals surface area (Å²) in [7, 11) is 0. The highest BCUT2D eigenvalue weighted by molar-refractivity contribution is 6.30. The lowest BCUT2D eigenvalue weighted by atomic mass is 10.1. The minimum absolute atomic E-state index is 0.0162. The number of guanidine groups is 1. The molecule has 0 fully saturated rings. The van der Waals surface area contributed by atoms with Crippen LogP contribution in [0, 0.1) is 0 Å². The maximum atomic E-state index is 8.45. The van der Waals surface area contributed by atoms with E-state index >= 15 is 0 Å². The Morgan fingerprint density at radius 3 is 2.93 bits per heavy atom. The smallest absolute Gasteiger partial charge is 0.213 e. The largest absolute Gasteiger partial charge is 0.368 e. The number of nitrogens with zero attached hydrogens (tertiary/aromatic N) is 1. The van der Waals surface area contributed by atoms with Gasteiger partial charge in [0.05, 0.1) is 6.04 Å². The molecule has 0 saturated heterocycles. The van der Waals surface area contributed by atoms with Crippen molar-refractivity contribution in [1.29, 1.82) is 0 Å². The van der Waals surface area contributed by atoms with Gasteiger partial charge in [-0.25, -0.2) is 10.5 Å². The van der Waals surface area contributed by atoms with Gasteiger partial charge in [-0.15, -0.1) is 0 Å². The molecule has 1 aromatic rings. The van der Waals surface area contributed by atoms with E-state index in [2.05, 4.69) is 4.99 Å². The quantitative estimate of drug-likeness (QED) is 0.398. The molecular formula is C9H12ClN3O. The summed E-state index contributed by atoms with van der Waals surface area (Å²) in [6.07, 6.45) is 0. The van der Waals surface area contributed by atoms with Gasteiger partial charge in [0.2, 0.25) is 5.96 Å². The maximum Gasteiger partial charge on any atom is 0.213 e. The lowest BCUT2D eigenvalue weighted by Gasteiger charge is -2.07. The highest BCUT2D eigenvalue weighted by atomic mass is 35.5. The monoisotopic (exact) mass is 213 g/mol. The molecule has 5 heteroatoms. The van der Waals surface area contributed by atoms with Gasteiger partial charge in [-0.3, -0.25) is 5.21 Å². The number of aliphatic imine (C=N–C) groups is 1. The zero-order chi connectivity index (χ0) is 10.6. The van der Waals surface area contributed by atoms with Crippen molar-refractivity contribution in [2.24, 2.45) is 10.7 Å². The Balaban J connectivity index is 2.84.